The standard InChI is InChI=1S/C46H28N2O/c1-2-12-32(13-3-1)46-47-41-19-9-8-17-38(41)44(48-46)39-28-40-43-35(18-10-20-42(43)49-45(40)37-16-7-6-15-36(37)39)31-24-21-30(22-25-31)34-26-23-29-11-4-5-14-33(29)27-34/h1-28H. The number of fused-ring (bicyclic) bond motifs is 7. The fourth-order valence-corrected chi connectivity index (χ4v) is 7.29. The van der Waals surface area contributed by atoms with Crippen LogP contribution in [0.15, 0.2) is 174 Å². The van der Waals surface area contributed by atoms with Gasteiger partial charge in [-0.15, -0.1) is 0 Å². The van der Waals surface area contributed by atoms with E-state index in [1.165, 1.54) is 21.9 Å². The predicted octanol–water partition coefficient (Wildman–Crippen LogP) is 12.5. The molecule has 2 aromatic heterocycles. The SMILES string of the molecule is c1ccc(-c2nc(-c3cc4c(oc5cccc(-c6ccc(-c7ccc8ccccc8c7)cc6)c54)c4ccccc34)c3ccccc3n2)cc1. The molecular weight excluding hydrogens is 597 g/mol. The molecule has 0 amide bonds. The smallest absolute Gasteiger partial charge is 0.160 e. The molecule has 0 N–H and O–H groups in total. The van der Waals surface area contributed by atoms with Gasteiger partial charge >= 0.3 is 0 Å². The van der Waals surface area contributed by atoms with E-state index in [9.17, 15) is 0 Å². The number of para-hydroxylation sites is 1. The van der Waals surface area contributed by atoms with Crippen LogP contribution >= 0.6 is 0 Å². The third kappa shape index (κ3) is 4.51. The monoisotopic (exact) mass is 624 g/mol. The number of furan rings is 1. The predicted molar refractivity (Wildman–Crippen MR) is 204 cm³/mol. The van der Waals surface area contributed by atoms with E-state index in [-0.39, 0.29) is 0 Å². The molecule has 49 heavy (non-hydrogen) atoms. The Labute approximate surface area is 282 Å². The first kappa shape index (κ1) is 27.5. The van der Waals surface area contributed by atoms with E-state index in [1.54, 1.807) is 0 Å². The summed E-state index contributed by atoms with van der Waals surface area (Å²) in [5.74, 6) is 0.711. The Balaban J connectivity index is 1.19. The fourth-order valence-electron chi connectivity index (χ4n) is 7.29. The summed E-state index contributed by atoms with van der Waals surface area (Å²) in [6, 6.07) is 59.7. The van der Waals surface area contributed by atoms with Gasteiger partial charge in [0.2, 0.25) is 0 Å². The molecule has 0 aliphatic carbocycles. The fraction of sp³-hybridized carbons (Fsp3) is 0. The summed E-state index contributed by atoms with van der Waals surface area (Å²) in [4.78, 5) is 10.2. The Bertz CT molecular complexity index is 2870. The zero-order valence-corrected chi connectivity index (χ0v) is 26.5. The summed E-state index contributed by atoms with van der Waals surface area (Å²) in [7, 11) is 0. The minimum absolute atomic E-state index is 0.711. The third-order valence-corrected chi connectivity index (χ3v) is 9.67. The number of aromatic nitrogens is 2. The maximum absolute atomic E-state index is 6.70. The Hall–Kier alpha value is -6.58. The van der Waals surface area contributed by atoms with Crippen molar-refractivity contribution in [2.24, 2.45) is 0 Å². The lowest BCUT2D eigenvalue weighted by atomic mass is 9.93. The van der Waals surface area contributed by atoms with Crippen LogP contribution < -0.4 is 0 Å². The van der Waals surface area contributed by atoms with E-state index < -0.39 is 0 Å². The maximum atomic E-state index is 6.70. The molecule has 0 saturated carbocycles. The highest BCUT2D eigenvalue weighted by molar-refractivity contribution is 6.22. The van der Waals surface area contributed by atoms with Crippen LogP contribution in [0.25, 0.3) is 99.3 Å². The Kier molecular flexibility index (Phi) is 6.18. The van der Waals surface area contributed by atoms with Gasteiger partial charge in [-0.1, -0.05) is 146 Å². The number of rotatable bonds is 4. The van der Waals surface area contributed by atoms with Gasteiger partial charge in [0.25, 0.3) is 0 Å². The summed E-state index contributed by atoms with van der Waals surface area (Å²) in [6.07, 6.45) is 0. The highest BCUT2D eigenvalue weighted by atomic mass is 16.3. The molecule has 0 saturated heterocycles. The lowest BCUT2D eigenvalue weighted by Crippen LogP contribution is -1.96. The summed E-state index contributed by atoms with van der Waals surface area (Å²) < 4.78 is 6.70. The largest absolute Gasteiger partial charge is 0.455 e. The molecule has 0 unspecified atom stereocenters. The van der Waals surface area contributed by atoms with Crippen molar-refractivity contribution in [1.29, 1.82) is 0 Å². The van der Waals surface area contributed by atoms with Crippen LogP contribution in [0.1, 0.15) is 0 Å². The lowest BCUT2D eigenvalue weighted by Gasteiger charge is -2.12. The quantitative estimate of drug-likeness (QED) is 0.196. The molecule has 228 valence electrons. The molecule has 2 heterocycles. The van der Waals surface area contributed by atoms with Gasteiger partial charge in [-0.2, -0.15) is 0 Å². The van der Waals surface area contributed by atoms with Crippen molar-refractivity contribution in [2.45, 2.75) is 0 Å². The van der Waals surface area contributed by atoms with Crippen LogP contribution in [0, 0.1) is 0 Å². The van der Waals surface area contributed by atoms with E-state index in [0.717, 1.165) is 71.6 Å². The molecule has 0 aliphatic heterocycles. The first-order valence-electron chi connectivity index (χ1n) is 16.6. The molecule has 10 rings (SSSR count). The van der Waals surface area contributed by atoms with Gasteiger partial charge < -0.3 is 4.42 Å². The molecule has 3 heteroatoms. The van der Waals surface area contributed by atoms with Crippen LogP contribution in [0.5, 0.6) is 0 Å². The molecule has 0 fully saturated rings. The normalized spacial score (nSPS) is 11.7. The van der Waals surface area contributed by atoms with E-state index in [0.29, 0.717) is 5.82 Å². The summed E-state index contributed by atoms with van der Waals surface area (Å²) in [5, 5.41) is 7.84. The Morgan fingerprint density at radius 1 is 0.388 bits per heavy atom. The lowest BCUT2D eigenvalue weighted by molar-refractivity contribution is 0.673. The average molecular weight is 625 g/mol. The Morgan fingerprint density at radius 2 is 1.08 bits per heavy atom. The van der Waals surface area contributed by atoms with Crippen LogP contribution in [0.2, 0.25) is 0 Å². The van der Waals surface area contributed by atoms with Gasteiger partial charge in [0.05, 0.1) is 11.2 Å². The molecule has 0 aliphatic rings. The van der Waals surface area contributed by atoms with Gasteiger partial charge in [-0.25, -0.2) is 9.97 Å². The summed E-state index contributed by atoms with van der Waals surface area (Å²) in [5.41, 5.74) is 10.3. The molecule has 8 aromatic carbocycles. The van der Waals surface area contributed by atoms with Gasteiger partial charge in [0.1, 0.15) is 11.2 Å². The molecule has 3 nitrogen and oxygen atoms in total. The first-order chi connectivity index (χ1) is 24.3. The summed E-state index contributed by atoms with van der Waals surface area (Å²) >= 11 is 0. The topological polar surface area (TPSA) is 38.9 Å². The van der Waals surface area contributed by atoms with Crippen molar-refractivity contribution >= 4 is 54.4 Å². The third-order valence-electron chi connectivity index (χ3n) is 9.67. The van der Waals surface area contributed by atoms with Crippen molar-refractivity contribution in [3.8, 4) is 44.9 Å². The highest BCUT2D eigenvalue weighted by Crippen LogP contribution is 2.44. The molecule has 0 spiro atoms. The van der Waals surface area contributed by atoms with Crippen LogP contribution in [0.3, 0.4) is 0 Å². The van der Waals surface area contributed by atoms with Gasteiger partial charge in [0, 0.05) is 32.7 Å². The van der Waals surface area contributed by atoms with Crippen molar-refractivity contribution in [2.75, 3.05) is 0 Å². The molecule has 10 aromatic rings. The van der Waals surface area contributed by atoms with E-state index in [4.69, 9.17) is 14.4 Å². The van der Waals surface area contributed by atoms with Gasteiger partial charge in [0.15, 0.2) is 5.82 Å². The summed E-state index contributed by atoms with van der Waals surface area (Å²) in [6.45, 7) is 0. The van der Waals surface area contributed by atoms with Gasteiger partial charge in [-0.3, -0.25) is 0 Å². The second-order valence-corrected chi connectivity index (χ2v) is 12.5. The molecular formula is C46H28N2O. The second kappa shape index (κ2) is 11.0. The van der Waals surface area contributed by atoms with E-state index >= 15 is 0 Å². The average Bonchev–Trinajstić information content (AvgIpc) is 3.57. The number of benzene rings is 8. The van der Waals surface area contributed by atoms with E-state index in [1.807, 2.05) is 24.3 Å². The van der Waals surface area contributed by atoms with E-state index in [2.05, 4.69) is 146 Å². The second-order valence-electron chi connectivity index (χ2n) is 12.5. The Morgan fingerprint density at radius 3 is 1.94 bits per heavy atom. The van der Waals surface area contributed by atoms with Crippen molar-refractivity contribution in [3.05, 3.63) is 170 Å². The van der Waals surface area contributed by atoms with Crippen molar-refractivity contribution < 1.29 is 4.42 Å². The zero-order chi connectivity index (χ0) is 32.3. The highest BCUT2D eigenvalue weighted by Gasteiger charge is 2.20. The van der Waals surface area contributed by atoms with Crippen molar-refractivity contribution in [1.82, 2.24) is 9.97 Å². The molecule has 0 bridgehead atoms. The molecule has 0 radical (unpaired) electrons. The van der Waals surface area contributed by atoms with Gasteiger partial charge in [-0.05, 0) is 62.7 Å². The number of hydrogen-bond acceptors (Lipinski definition) is 3. The molecule has 0 atom stereocenters. The van der Waals surface area contributed by atoms with Crippen LogP contribution in [0.4, 0.5) is 0 Å². The van der Waals surface area contributed by atoms with Crippen LogP contribution in [-0.4, -0.2) is 9.97 Å². The first-order valence-corrected chi connectivity index (χ1v) is 16.6. The maximum Gasteiger partial charge on any atom is 0.160 e. The van der Waals surface area contributed by atoms with Crippen molar-refractivity contribution in [3.63, 3.8) is 0 Å². The van der Waals surface area contributed by atoms with Crippen LogP contribution in [-0.2, 0) is 0 Å². The minimum atomic E-state index is 0.711. The number of nitrogens with zero attached hydrogens (tertiary/aromatic N) is 2. The zero-order valence-electron chi connectivity index (χ0n) is 26.5. The number of hydrogen-bond donors (Lipinski definition) is 0. The minimum Gasteiger partial charge on any atom is -0.455 e.